The fraction of sp³-hybridized carbons (Fsp3) is 0.350. The average molecular weight is 467 g/mol. The fourth-order valence-corrected chi connectivity index (χ4v) is 4.85. The lowest BCUT2D eigenvalue weighted by Crippen LogP contribution is -2.41. The quantitative estimate of drug-likeness (QED) is 0.679. The highest BCUT2D eigenvalue weighted by atomic mass is 79.9. The first kappa shape index (κ1) is 21.0. The highest BCUT2D eigenvalue weighted by molar-refractivity contribution is 9.10. The SMILES string of the molecule is O=C(Cc1ccc(Br)cc1)NCc1ccccc1CS(=O)(=O)N1CCOCC1. The third kappa shape index (κ3) is 5.88. The van der Waals surface area contributed by atoms with Crippen LogP contribution >= 0.6 is 15.9 Å². The molecule has 1 heterocycles. The van der Waals surface area contributed by atoms with E-state index in [1.807, 2.05) is 42.5 Å². The number of hydrogen-bond acceptors (Lipinski definition) is 4. The molecule has 0 aromatic heterocycles. The zero-order valence-corrected chi connectivity index (χ0v) is 17.8. The lowest BCUT2D eigenvalue weighted by Gasteiger charge is -2.26. The zero-order chi connectivity index (χ0) is 20.0. The molecule has 0 radical (unpaired) electrons. The average Bonchev–Trinajstić information content (AvgIpc) is 2.69. The van der Waals surface area contributed by atoms with Crippen molar-refractivity contribution in [2.75, 3.05) is 26.3 Å². The molecule has 1 fully saturated rings. The van der Waals surface area contributed by atoms with Crippen molar-refractivity contribution in [3.05, 3.63) is 69.7 Å². The van der Waals surface area contributed by atoms with E-state index in [2.05, 4.69) is 21.2 Å². The van der Waals surface area contributed by atoms with Gasteiger partial charge in [0.05, 0.1) is 25.4 Å². The van der Waals surface area contributed by atoms with Crippen molar-refractivity contribution >= 4 is 31.9 Å². The molecule has 0 atom stereocenters. The number of nitrogens with one attached hydrogen (secondary N) is 1. The predicted molar refractivity (Wildman–Crippen MR) is 111 cm³/mol. The molecule has 1 N–H and O–H groups in total. The number of amides is 1. The molecule has 150 valence electrons. The predicted octanol–water partition coefficient (Wildman–Crippen LogP) is 2.47. The Labute approximate surface area is 174 Å². The van der Waals surface area contributed by atoms with Crippen molar-refractivity contribution in [3.8, 4) is 0 Å². The van der Waals surface area contributed by atoms with E-state index < -0.39 is 10.0 Å². The van der Waals surface area contributed by atoms with Crippen molar-refractivity contribution in [2.24, 2.45) is 0 Å². The smallest absolute Gasteiger partial charge is 0.224 e. The van der Waals surface area contributed by atoms with Gasteiger partial charge in [-0.25, -0.2) is 8.42 Å². The first-order chi connectivity index (χ1) is 13.4. The second-order valence-corrected chi connectivity index (χ2v) is 9.50. The van der Waals surface area contributed by atoms with Crippen LogP contribution in [0.1, 0.15) is 16.7 Å². The third-order valence-corrected chi connectivity index (χ3v) is 6.93. The molecule has 0 saturated carbocycles. The Hall–Kier alpha value is -1.74. The standard InChI is InChI=1S/C20H23BrN2O4S/c21-19-7-5-16(6-8-19)13-20(24)22-14-17-3-1-2-4-18(17)15-28(25,26)23-9-11-27-12-10-23/h1-8H,9-15H2,(H,22,24). The summed E-state index contributed by atoms with van der Waals surface area (Å²) >= 11 is 3.37. The molecule has 0 unspecified atom stereocenters. The van der Waals surface area contributed by atoms with E-state index in [1.54, 1.807) is 6.07 Å². The van der Waals surface area contributed by atoms with Gasteiger partial charge in [0.1, 0.15) is 0 Å². The number of sulfonamides is 1. The Morgan fingerprint density at radius 2 is 1.68 bits per heavy atom. The van der Waals surface area contributed by atoms with E-state index in [4.69, 9.17) is 4.74 Å². The molecule has 3 rings (SSSR count). The number of nitrogens with zero attached hydrogens (tertiary/aromatic N) is 1. The molecule has 1 saturated heterocycles. The molecule has 0 aliphatic carbocycles. The number of halogens is 1. The molecule has 1 amide bonds. The summed E-state index contributed by atoms with van der Waals surface area (Å²) in [5, 5.41) is 2.89. The van der Waals surface area contributed by atoms with Crippen LogP contribution in [0.2, 0.25) is 0 Å². The maximum Gasteiger partial charge on any atom is 0.224 e. The van der Waals surface area contributed by atoms with Crippen molar-refractivity contribution in [1.82, 2.24) is 9.62 Å². The molecule has 2 aromatic carbocycles. The largest absolute Gasteiger partial charge is 0.379 e. The van der Waals surface area contributed by atoms with Crippen LogP contribution in [0.5, 0.6) is 0 Å². The van der Waals surface area contributed by atoms with Crippen molar-refractivity contribution in [1.29, 1.82) is 0 Å². The Kier molecular flexibility index (Phi) is 7.23. The van der Waals surface area contributed by atoms with Crippen molar-refractivity contribution < 1.29 is 17.9 Å². The monoisotopic (exact) mass is 466 g/mol. The summed E-state index contributed by atoms with van der Waals surface area (Å²) in [5.41, 5.74) is 2.44. The second-order valence-electron chi connectivity index (χ2n) is 6.62. The number of benzene rings is 2. The van der Waals surface area contributed by atoms with Crippen LogP contribution in [0.25, 0.3) is 0 Å². The van der Waals surface area contributed by atoms with Gasteiger partial charge >= 0.3 is 0 Å². The maximum atomic E-state index is 12.7. The number of carbonyl (C=O) groups is 1. The fourth-order valence-electron chi connectivity index (χ4n) is 3.03. The van der Waals surface area contributed by atoms with Gasteiger partial charge in [-0.2, -0.15) is 4.31 Å². The summed E-state index contributed by atoms with van der Waals surface area (Å²) in [5.74, 6) is -0.181. The minimum absolute atomic E-state index is 0.0776. The molecule has 1 aliphatic rings. The number of rotatable bonds is 7. The molecular weight excluding hydrogens is 444 g/mol. The van der Waals surface area contributed by atoms with Gasteiger partial charge in [-0.15, -0.1) is 0 Å². The number of hydrogen-bond donors (Lipinski definition) is 1. The van der Waals surface area contributed by atoms with Gasteiger partial charge < -0.3 is 10.1 Å². The van der Waals surface area contributed by atoms with Gasteiger partial charge in [0.2, 0.25) is 15.9 Å². The number of morpholine rings is 1. The summed E-state index contributed by atoms with van der Waals surface area (Å²) in [6.07, 6.45) is 0.279. The van der Waals surface area contributed by atoms with E-state index in [0.29, 0.717) is 38.4 Å². The summed E-state index contributed by atoms with van der Waals surface area (Å²) in [6, 6.07) is 14.9. The lowest BCUT2D eigenvalue weighted by atomic mass is 10.1. The van der Waals surface area contributed by atoms with Gasteiger partial charge in [-0.05, 0) is 28.8 Å². The third-order valence-electron chi connectivity index (χ3n) is 4.57. The van der Waals surface area contributed by atoms with Crippen LogP contribution in [0, 0.1) is 0 Å². The molecule has 1 aliphatic heterocycles. The Morgan fingerprint density at radius 3 is 2.36 bits per heavy atom. The summed E-state index contributed by atoms with van der Waals surface area (Å²) in [4.78, 5) is 12.3. The van der Waals surface area contributed by atoms with Gasteiger partial charge in [-0.1, -0.05) is 52.3 Å². The van der Waals surface area contributed by atoms with E-state index in [-0.39, 0.29) is 18.1 Å². The summed E-state index contributed by atoms with van der Waals surface area (Å²) < 4.78 is 33.1. The van der Waals surface area contributed by atoms with E-state index in [9.17, 15) is 13.2 Å². The highest BCUT2D eigenvalue weighted by Gasteiger charge is 2.25. The van der Waals surface area contributed by atoms with Gasteiger partial charge in [-0.3, -0.25) is 4.79 Å². The van der Waals surface area contributed by atoms with E-state index in [0.717, 1.165) is 15.6 Å². The van der Waals surface area contributed by atoms with Crippen LogP contribution in [0.3, 0.4) is 0 Å². The van der Waals surface area contributed by atoms with Gasteiger partial charge in [0.25, 0.3) is 0 Å². The molecule has 28 heavy (non-hydrogen) atoms. The Balaban J connectivity index is 1.61. The van der Waals surface area contributed by atoms with Crippen LogP contribution in [0.15, 0.2) is 53.0 Å². The normalized spacial score (nSPS) is 15.3. The molecule has 0 bridgehead atoms. The summed E-state index contributed by atoms with van der Waals surface area (Å²) in [6.45, 7) is 1.91. The van der Waals surface area contributed by atoms with Crippen LogP contribution in [-0.2, 0) is 38.3 Å². The second kappa shape index (κ2) is 9.65. The minimum Gasteiger partial charge on any atom is -0.379 e. The van der Waals surface area contributed by atoms with Crippen molar-refractivity contribution in [3.63, 3.8) is 0 Å². The molecule has 8 heteroatoms. The maximum absolute atomic E-state index is 12.7. The van der Waals surface area contributed by atoms with Crippen LogP contribution in [-0.4, -0.2) is 44.9 Å². The van der Waals surface area contributed by atoms with Gasteiger partial charge in [0, 0.05) is 24.1 Å². The first-order valence-electron chi connectivity index (χ1n) is 9.07. The van der Waals surface area contributed by atoms with Crippen LogP contribution in [0.4, 0.5) is 0 Å². The Morgan fingerprint density at radius 1 is 1.04 bits per heavy atom. The lowest BCUT2D eigenvalue weighted by molar-refractivity contribution is -0.120. The van der Waals surface area contributed by atoms with Crippen LogP contribution < -0.4 is 5.32 Å². The molecule has 0 spiro atoms. The molecule has 6 nitrogen and oxygen atoms in total. The van der Waals surface area contributed by atoms with E-state index >= 15 is 0 Å². The topological polar surface area (TPSA) is 75.7 Å². The highest BCUT2D eigenvalue weighted by Crippen LogP contribution is 2.17. The van der Waals surface area contributed by atoms with Gasteiger partial charge in [0.15, 0.2) is 0 Å². The minimum atomic E-state index is -3.41. The molecule has 2 aromatic rings. The van der Waals surface area contributed by atoms with E-state index in [1.165, 1.54) is 4.31 Å². The summed E-state index contributed by atoms with van der Waals surface area (Å²) in [7, 11) is -3.41. The zero-order valence-electron chi connectivity index (χ0n) is 15.4. The van der Waals surface area contributed by atoms with Crippen molar-refractivity contribution in [2.45, 2.75) is 18.7 Å². The first-order valence-corrected chi connectivity index (χ1v) is 11.5. The Bertz CT molecular complexity index is 910. The number of ether oxygens (including phenoxy) is 1. The molecular formula is C20H23BrN2O4S. The number of carbonyl (C=O) groups excluding carboxylic acids is 1.